The highest BCUT2D eigenvalue weighted by Gasteiger charge is 2.15. The fourth-order valence-corrected chi connectivity index (χ4v) is 1.80. The van der Waals surface area contributed by atoms with Crippen molar-refractivity contribution in [1.29, 1.82) is 0 Å². The van der Waals surface area contributed by atoms with E-state index >= 15 is 0 Å². The quantitative estimate of drug-likeness (QED) is 0.786. The van der Waals surface area contributed by atoms with Gasteiger partial charge in [0.25, 0.3) is 0 Å². The van der Waals surface area contributed by atoms with Crippen LogP contribution in [-0.2, 0) is 0 Å². The highest BCUT2D eigenvalue weighted by atomic mass is 16.4. The van der Waals surface area contributed by atoms with Gasteiger partial charge in [-0.3, -0.25) is 0 Å². The summed E-state index contributed by atoms with van der Waals surface area (Å²) in [6.45, 7) is 0. The Hall–Kier alpha value is -2.82. The maximum absolute atomic E-state index is 11.1. The number of carbonyl (C=O) groups is 2. The molecule has 0 aliphatic rings. The molecule has 3 N–H and O–H groups in total. The van der Waals surface area contributed by atoms with Crippen LogP contribution in [0.2, 0.25) is 0 Å². The van der Waals surface area contributed by atoms with E-state index in [9.17, 15) is 14.7 Å². The minimum absolute atomic E-state index is 0.0388. The van der Waals surface area contributed by atoms with Gasteiger partial charge in [0.2, 0.25) is 0 Å². The summed E-state index contributed by atoms with van der Waals surface area (Å²) >= 11 is 0. The van der Waals surface area contributed by atoms with Crippen LogP contribution in [0, 0.1) is 0 Å². The number of aromatic hydroxyl groups is 1. The molecular weight excluding hydrogens is 248 g/mol. The zero-order chi connectivity index (χ0) is 14.0. The van der Waals surface area contributed by atoms with Crippen molar-refractivity contribution in [3.8, 4) is 16.9 Å². The minimum Gasteiger partial charge on any atom is -0.507 e. The lowest BCUT2D eigenvalue weighted by Gasteiger charge is -2.08. The zero-order valence-corrected chi connectivity index (χ0v) is 9.70. The maximum atomic E-state index is 11.1. The van der Waals surface area contributed by atoms with E-state index in [1.54, 1.807) is 0 Å². The molecule has 0 heterocycles. The molecule has 0 aliphatic heterocycles. The van der Waals surface area contributed by atoms with E-state index in [2.05, 4.69) is 0 Å². The molecule has 0 saturated heterocycles. The van der Waals surface area contributed by atoms with Crippen molar-refractivity contribution >= 4 is 11.9 Å². The second-order valence-corrected chi connectivity index (χ2v) is 3.89. The molecule has 0 bridgehead atoms. The molecule has 5 heteroatoms. The highest BCUT2D eigenvalue weighted by molar-refractivity contribution is 5.98. The van der Waals surface area contributed by atoms with Crippen molar-refractivity contribution in [3.05, 3.63) is 53.6 Å². The van der Waals surface area contributed by atoms with Crippen LogP contribution in [0.1, 0.15) is 20.7 Å². The van der Waals surface area contributed by atoms with Crippen molar-refractivity contribution in [1.82, 2.24) is 0 Å². The number of phenolic OH excluding ortho intramolecular Hbond substituents is 1. The van der Waals surface area contributed by atoms with Gasteiger partial charge in [-0.2, -0.15) is 0 Å². The molecule has 2 aromatic carbocycles. The van der Waals surface area contributed by atoms with Gasteiger partial charge in [-0.15, -0.1) is 0 Å². The first-order valence-electron chi connectivity index (χ1n) is 5.39. The Bertz CT molecular complexity index is 643. The molecule has 0 saturated carbocycles. The van der Waals surface area contributed by atoms with Gasteiger partial charge in [0.1, 0.15) is 5.75 Å². The topological polar surface area (TPSA) is 94.8 Å². The maximum Gasteiger partial charge on any atom is 0.336 e. The minimum atomic E-state index is -1.16. The molecule has 5 nitrogen and oxygen atoms in total. The number of aromatic carboxylic acids is 2. The molecule has 0 atom stereocenters. The summed E-state index contributed by atoms with van der Waals surface area (Å²) in [5, 5.41) is 27.7. The van der Waals surface area contributed by atoms with Gasteiger partial charge in [0, 0.05) is 5.56 Å². The van der Waals surface area contributed by atoms with Crippen molar-refractivity contribution in [3.63, 3.8) is 0 Å². The third-order valence-electron chi connectivity index (χ3n) is 2.69. The Morgan fingerprint density at radius 1 is 0.842 bits per heavy atom. The van der Waals surface area contributed by atoms with Crippen LogP contribution in [0.25, 0.3) is 11.1 Å². The summed E-state index contributed by atoms with van der Waals surface area (Å²) in [4.78, 5) is 21.9. The Balaban J connectivity index is 2.58. The van der Waals surface area contributed by atoms with Gasteiger partial charge in [0.05, 0.1) is 11.1 Å². The standard InChI is InChI=1S/C14H10O5/c15-11-3-1-2-10(14(18)19)12(11)8-4-6-9(7-5-8)13(16)17/h1-7,15H,(H,16,17)(H,18,19). The van der Waals surface area contributed by atoms with E-state index in [1.165, 1.54) is 42.5 Å². The Morgan fingerprint density at radius 2 is 1.47 bits per heavy atom. The second kappa shape index (κ2) is 4.81. The molecule has 2 aromatic rings. The second-order valence-electron chi connectivity index (χ2n) is 3.89. The first kappa shape index (κ1) is 12.6. The highest BCUT2D eigenvalue weighted by Crippen LogP contribution is 2.32. The monoisotopic (exact) mass is 258 g/mol. The van der Waals surface area contributed by atoms with Crippen molar-refractivity contribution in [2.24, 2.45) is 0 Å². The Morgan fingerprint density at radius 3 is 2.00 bits per heavy atom. The Labute approximate surface area is 108 Å². The zero-order valence-electron chi connectivity index (χ0n) is 9.70. The molecule has 0 unspecified atom stereocenters. The fraction of sp³-hybridized carbons (Fsp3) is 0. The van der Waals surface area contributed by atoms with Gasteiger partial charge in [0.15, 0.2) is 0 Å². The van der Waals surface area contributed by atoms with E-state index in [4.69, 9.17) is 10.2 Å². The summed E-state index contributed by atoms with van der Waals surface area (Å²) in [5.41, 5.74) is 0.673. The number of phenols is 1. The van der Waals surface area contributed by atoms with Crippen LogP contribution in [0.5, 0.6) is 5.75 Å². The Kier molecular flexibility index (Phi) is 3.20. The number of rotatable bonds is 3. The lowest BCUT2D eigenvalue weighted by molar-refractivity contribution is 0.0686. The summed E-state index contributed by atoms with van der Waals surface area (Å²) in [6.07, 6.45) is 0. The van der Waals surface area contributed by atoms with E-state index < -0.39 is 11.9 Å². The molecule has 96 valence electrons. The lowest BCUT2D eigenvalue weighted by atomic mass is 9.97. The summed E-state index contributed by atoms with van der Waals surface area (Å²) in [5.74, 6) is -2.39. The number of benzene rings is 2. The van der Waals surface area contributed by atoms with E-state index in [-0.39, 0.29) is 22.4 Å². The van der Waals surface area contributed by atoms with Gasteiger partial charge in [-0.1, -0.05) is 18.2 Å². The van der Waals surface area contributed by atoms with E-state index in [0.29, 0.717) is 5.56 Å². The molecule has 0 aliphatic carbocycles. The number of hydrogen-bond acceptors (Lipinski definition) is 3. The normalized spacial score (nSPS) is 10.1. The first-order valence-corrected chi connectivity index (χ1v) is 5.39. The SMILES string of the molecule is O=C(O)c1ccc(-c2c(O)cccc2C(=O)O)cc1. The predicted octanol–water partition coefficient (Wildman–Crippen LogP) is 2.46. The van der Waals surface area contributed by atoms with Crippen LogP contribution in [0.15, 0.2) is 42.5 Å². The molecule has 0 radical (unpaired) electrons. The molecule has 2 rings (SSSR count). The summed E-state index contributed by atoms with van der Waals surface area (Å²) in [7, 11) is 0. The van der Waals surface area contributed by atoms with Crippen LogP contribution in [0.4, 0.5) is 0 Å². The molecule has 0 spiro atoms. The van der Waals surface area contributed by atoms with Crippen LogP contribution in [-0.4, -0.2) is 27.3 Å². The summed E-state index contributed by atoms with van der Waals surface area (Å²) < 4.78 is 0. The third-order valence-corrected chi connectivity index (χ3v) is 2.69. The van der Waals surface area contributed by atoms with Gasteiger partial charge in [-0.25, -0.2) is 9.59 Å². The smallest absolute Gasteiger partial charge is 0.336 e. The first-order chi connectivity index (χ1) is 9.00. The van der Waals surface area contributed by atoms with Crippen LogP contribution < -0.4 is 0 Å². The lowest BCUT2D eigenvalue weighted by Crippen LogP contribution is -2.00. The molecule has 0 fully saturated rings. The number of carboxylic acid groups (broad SMARTS) is 2. The van der Waals surface area contributed by atoms with Gasteiger partial charge in [-0.05, 0) is 29.8 Å². The van der Waals surface area contributed by atoms with Crippen LogP contribution in [0.3, 0.4) is 0 Å². The molecular formula is C14H10O5. The number of hydrogen-bond donors (Lipinski definition) is 3. The van der Waals surface area contributed by atoms with Crippen molar-refractivity contribution in [2.75, 3.05) is 0 Å². The van der Waals surface area contributed by atoms with Crippen molar-refractivity contribution < 1.29 is 24.9 Å². The van der Waals surface area contributed by atoms with E-state index in [0.717, 1.165) is 0 Å². The molecule has 0 amide bonds. The average molecular weight is 258 g/mol. The molecule has 19 heavy (non-hydrogen) atoms. The third kappa shape index (κ3) is 2.40. The van der Waals surface area contributed by atoms with Gasteiger partial charge < -0.3 is 15.3 Å². The number of carboxylic acids is 2. The van der Waals surface area contributed by atoms with Crippen molar-refractivity contribution in [2.45, 2.75) is 0 Å². The van der Waals surface area contributed by atoms with Crippen LogP contribution >= 0.6 is 0 Å². The molecule has 0 aromatic heterocycles. The largest absolute Gasteiger partial charge is 0.507 e. The fourth-order valence-electron chi connectivity index (χ4n) is 1.80. The summed E-state index contributed by atoms with van der Waals surface area (Å²) in [6, 6.07) is 9.84. The average Bonchev–Trinajstić information content (AvgIpc) is 2.38. The predicted molar refractivity (Wildman–Crippen MR) is 67.5 cm³/mol. The van der Waals surface area contributed by atoms with Gasteiger partial charge >= 0.3 is 11.9 Å². The van der Waals surface area contributed by atoms with E-state index in [1.807, 2.05) is 0 Å².